The largest absolute Gasteiger partial charge is 0.481 e. The number of nitrogens with two attached hydrogens (primary N) is 1. The van der Waals surface area contributed by atoms with Crippen molar-refractivity contribution in [3.8, 4) is 5.88 Å². The van der Waals surface area contributed by atoms with E-state index in [4.69, 9.17) is 10.5 Å². The summed E-state index contributed by atoms with van der Waals surface area (Å²) in [7, 11) is 3.56. The Bertz CT molecular complexity index is 514. The van der Waals surface area contributed by atoms with Gasteiger partial charge in [-0.05, 0) is 25.2 Å². The number of guanidine groups is 1. The number of methoxy groups -OCH3 is 1. The lowest BCUT2D eigenvalue weighted by atomic mass is 10.0. The monoisotopic (exact) mass is 421 g/mol. The van der Waals surface area contributed by atoms with Gasteiger partial charge in [0, 0.05) is 20.1 Å². The quantitative estimate of drug-likeness (QED) is 0.460. The highest BCUT2D eigenvalue weighted by atomic mass is 127. The van der Waals surface area contributed by atoms with E-state index in [0.29, 0.717) is 18.4 Å². The second-order valence-corrected chi connectivity index (χ2v) is 5.78. The van der Waals surface area contributed by atoms with Crippen LogP contribution in [0.3, 0.4) is 0 Å². The van der Waals surface area contributed by atoms with Crippen LogP contribution in [0.4, 0.5) is 0 Å². The Balaban J connectivity index is 0.00000242. The summed E-state index contributed by atoms with van der Waals surface area (Å²) in [5.74, 6) is 2.09. The Morgan fingerprint density at radius 3 is 2.82 bits per heavy atom. The van der Waals surface area contributed by atoms with Crippen LogP contribution in [0.5, 0.6) is 5.88 Å². The molecule has 1 atom stereocenters. The van der Waals surface area contributed by atoms with Crippen molar-refractivity contribution in [3.63, 3.8) is 0 Å². The normalized spacial score (nSPS) is 19.0. The lowest BCUT2D eigenvalue weighted by Gasteiger charge is -2.31. The zero-order valence-electron chi connectivity index (χ0n) is 14.0. The predicted molar refractivity (Wildman–Crippen MR) is 99.9 cm³/mol. The third kappa shape index (κ3) is 4.27. The zero-order valence-corrected chi connectivity index (χ0v) is 16.3. The van der Waals surface area contributed by atoms with E-state index in [1.165, 1.54) is 12.8 Å². The van der Waals surface area contributed by atoms with Crippen molar-refractivity contribution in [2.24, 2.45) is 23.7 Å². The number of likely N-dealkylation sites (tertiary alicyclic amines) is 1. The van der Waals surface area contributed by atoms with Gasteiger partial charge in [-0.25, -0.2) is 9.67 Å². The van der Waals surface area contributed by atoms with Gasteiger partial charge in [-0.15, -0.1) is 24.0 Å². The van der Waals surface area contributed by atoms with Crippen LogP contribution in [-0.4, -0.2) is 40.8 Å². The minimum atomic E-state index is 0. The highest BCUT2D eigenvalue weighted by Crippen LogP contribution is 2.23. The van der Waals surface area contributed by atoms with Crippen LogP contribution in [0.2, 0.25) is 0 Å². The number of aromatic nitrogens is 2. The Labute approximate surface area is 150 Å². The number of piperidine rings is 1. The van der Waals surface area contributed by atoms with Crippen LogP contribution >= 0.6 is 24.0 Å². The average Bonchev–Trinajstić information content (AvgIpc) is 2.79. The number of hydrogen-bond donors (Lipinski definition) is 1. The molecule has 1 aliphatic rings. The number of rotatable bonds is 4. The zero-order chi connectivity index (χ0) is 15.4. The summed E-state index contributed by atoms with van der Waals surface area (Å²) in [5, 5.41) is 4.47. The summed E-state index contributed by atoms with van der Waals surface area (Å²) in [6.45, 7) is 6.88. The summed E-state index contributed by atoms with van der Waals surface area (Å²) >= 11 is 0. The van der Waals surface area contributed by atoms with Crippen LogP contribution in [0.15, 0.2) is 4.99 Å². The Hall–Kier alpha value is -0.990. The summed E-state index contributed by atoms with van der Waals surface area (Å²) < 4.78 is 7.20. The molecule has 1 aromatic heterocycles. The lowest BCUT2D eigenvalue weighted by Crippen LogP contribution is -2.43. The molecule has 0 aliphatic carbocycles. The van der Waals surface area contributed by atoms with Crippen molar-refractivity contribution >= 4 is 29.9 Å². The number of halogens is 1. The van der Waals surface area contributed by atoms with Gasteiger partial charge in [0.1, 0.15) is 0 Å². The van der Waals surface area contributed by atoms with E-state index in [2.05, 4.69) is 28.8 Å². The number of aryl methyl sites for hydroxylation is 2. The average molecular weight is 421 g/mol. The third-order valence-corrected chi connectivity index (χ3v) is 4.08. The standard InChI is InChI=1S/C15H27N5O.HI/c1-5-13-12(14(21-4)19(3)18-13)9-17-15(16)20-8-6-7-11(2)10-20;/h11H,5-10H2,1-4H3,(H2,16,17);1H. The number of nitrogens with zero attached hydrogens (tertiary/aromatic N) is 4. The molecule has 0 saturated carbocycles. The van der Waals surface area contributed by atoms with Gasteiger partial charge in [-0.1, -0.05) is 13.8 Å². The summed E-state index contributed by atoms with van der Waals surface area (Å²) in [6.07, 6.45) is 3.33. The van der Waals surface area contributed by atoms with Crippen molar-refractivity contribution in [2.75, 3.05) is 20.2 Å². The van der Waals surface area contributed by atoms with E-state index in [0.717, 1.165) is 36.6 Å². The molecule has 1 fully saturated rings. The van der Waals surface area contributed by atoms with Gasteiger partial charge in [0.25, 0.3) is 0 Å². The van der Waals surface area contributed by atoms with Gasteiger partial charge >= 0.3 is 0 Å². The molecule has 1 aromatic rings. The second-order valence-electron chi connectivity index (χ2n) is 5.78. The maximum atomic E-state index is 6.16. The SMILES string of the molecule is CCc1nn(C)c(OC)c1CN=C(N)N1CCCC(C)C1.I. The molecule has 0 radical (unpaired) electrons. The molecule has 7 heteroatoms. The number of aliphatic imine (C=N–C) groups is 1. The first-order valence-corrected chi connectivity index (χ1v) is 7.70. The van der Waals surface area contributed by atoms with Crippen LogP contribution in [0, 0.1) is 5.92 Å². The van der Waals surface area contributed by atoms with E-state index < -0.39 is 0 Å². The van der Waals surface area contributed by atoms with E-state index >= 15 is 0 Å². The van der Waals surface area contributed by atoms with E-state index in [1.807, 2.05) is 7.05 Å². The van der Waals surface area contributed by atoms with Crippen LogP contribution in [0.1, 0.15) is 37.9 Å². The maximum Gasteiger partial charge on any atom is 0.216 e. The van der Waals surface area contributed by atoms with Gasteiger partial charge < -0.3 is 15.4 Å². The highest BCUT2D eigenvalue weighted by molar-refractivity contribution is 14.0. The molecular formula is C15H28IN5O. The van der Waals surface area contributed by atoms with Crippen molar-refractivity contribution < 1.29 is 4.74 Å². The molecule has 0 bridgehead atoms. The molecule has 2 heterocycles. The molecule has 1 saturated heterocycles. The highest BCUT2D eigenvalue weighted by Gasteiger charge is 2.19. The van der Waals surface area contributed by atoms with E-state index in [-0.39, 0.29) is 24.0 Å². The van der Waals surface area contributed by atoms with Gasteiger partial charge in [0.15, 0.2) is 5.96 Å². The Morgan fingerprint density at radius 1 is 1.50 bits per heavy atom. The molecule has 126 valence electrons. The first kappa shape index (κ1) is 19.1. The summed E-state index contributed by atoms with van der Waals surface area (Å²) in [5.41, 5.74) is 8.22. The van der Waals surface area contributed by atoms with Crippen molar-refractivity contribution in [2.45, 2.75) is 39.7 Å². The summed E-state index contributed by atoms with van der Waals surface area (Å²) in [6, 6.07) is 0. The van der Waals surface area contributed by atoms with Crippen molar-refractivity contribution in [3.05, 3.63) is 11.3 Å². The van der Waals surface area contributed by atoms with Gasteiger partial charge in [0.05, 0.1) is 24.9 Å². The number of hydrogen-bond acceptors (Lipinski definition) is 3. The fraction of sp³-hybridized carbons (Fsp3) is 0.733. The smallest absolute Gasteiger partial charge is 0.216 e. The van der Waals surface area contributed by atoms with Gasteiger partial charge in [-0.3, -0.25) is 0 Å². The minimum Gasteiger partial charge on any atom is -0.481 e. The van der Waals surface area contributed by atoms with E-state index in [9.17, 15) is 0 Å². The first-order valence-electron chi connectivity index (χ1n) is 7.70. The predicted octanol–water partition coefficient (Wildman–Crippen LogP) is 2.16. The molecule has 1 aliphatic heterocycles. The Morgan fingerprint density at radius 2 is 2.23 bits per heavy atom. The fourth-order valence-corrected chi connectivity index (χ4v) is 2.96. The minimum absolute atomic E-state index is 0. The van der Waals surface area contributed by atoms with Crippen LogP contribution in [0.25, 0.3) is 0 Å². The molecule has 1 unspecified atom stereocenters. The van der Waals surface area contributed by atoms with Crippen molar-refractivity contribution in [1.82, 2.24) is 14.7 Å². The summed E-state index contributed by atoms with van der Waals surface area (Å²) in [4.78, 5) is 6.75. The second kappa shape index (κ2) is 8.59. The van der Waals surface area contributed by atoms with Crippen LogP contribution in [-0.2, 0) is 20.0 Å². The molecule has 0 aromatic carbocycles. The molecule has 2 rings (SSSR count). The maximum absolute atomic E-state index is 6.16. The van der Waals surface area contributed by atoms with Gasteiger partial charge in [-0.2, -0.15) is 5.10 Å². The lowest BCUT2D eigenvalue weighted by molar-refractivity contribution is 0.270. The molecular weight excluding hydrogens is 393 g/mol. The number of ether oxygens (including phenoxy) is 1. The molecule has 6 nitrogen and oxygen atoms in total. The molecule has 0 amide bonds. The first-order chi connectivity index (χ1) is 10.1. The van der Waals surface area contributed by atoms with Crippen molar-refractivity contribution in [1.29, 1.82) is 0 Å². The third-order valence-electron chi connectivity index (χ3n) is 4.08. The van der Waals surface area contributed by atoms with Crippen LogP contribution < -0.4 is 10.5 Å². The topological polar surface area (TPSA) is 68.7 Å². The fourth-order valence-electron chi connectivity index (χ4n) is 2.96. The molecule has 0 spiro atoms. The Kier molecular flexibility index (Phi) is 7.44. The van der Waals surface area contributed by atoms with Gasteiger partial charge in [0.2, 0.25) is 5.88 Å². The molecule has 22 heavy (non-hydrogen) atoms. The van der Waals surface area contributed by atoms with E-state index in [1.54, 1.807) is 11.8 Å². The molecule has 2 N–H and O–H groups in total.